The standard InChI is InChI=1S/C10H14N2O3S/c1-10(4-6-15-8-10)12-16(13,14)9-3-2-5-11-7-9/h2-3,5,7,12H,4,6,8H2,1H3. The smallest absolute Gasteiger partial charge is 0.242 e. The minimum atomic E-state index is -3.49. The van der Waals surface area contributed by atoms with Crippen LogP contribution in [0.5, 0.6) is 0 Å². The molecule has 0 aliphatic carbocycles. The summed E-state index contributed by atoms with van der Waals surface area (Å²) in [6, 6.07) is 3.12. The molecule has 5 nitrogen and oxygen atoms in total. The molecular formula is C10H14N2O3S. The summed E-state index contributed by atoms with van der Waals surface area (Å²) in [7, 11) is -3.49. The summed E-state index contributed by atoms with van der Waals surface area (Å²) in [5.74, 6) is 0. The molecule has 0 radical (unpaired) electrons. The van der Waals surface area contributed by atoms with E-state index in [2.05, 4.69) is 9.71 Å². The molecule has 0 aromatic carbocycles. The molecule has 1 unspecified atom stereocenters. The van der Waals surface area contributed by atoms with Gasteiger partial charge >= 0.3 is 0 Å². The highest BCUT2D eigenvalue weighted by Gasteiger charge is 2.34. The van der Waals surface area contributed by atoms with E-state index < -0.39 is 15.6 Å². The Bertz CT molecular complexity index is 452. The first-order valence-electron chi connectivity index (χ1n) is 5.04. The van der Waals surface area contributed by atoms with E-state index in [1.165, 1.54) is 12.3 Å². The van der Waals surface area contributed by atoms with E-state index >= 15 is 0 Å². The highest BCUT2D eigenvalue weighted by molar-refractivity contribution is 7.89. The lowest BCUT2D eigenvalue weighted by atomic mass is 10.0. The van der Waals surface area contributed by atoms with Gasteiger partial charge in [-0.2, -0.15) is 0 Å². The maximum atomic E-state index is 12.0. The van der Waals surface area contributed by atoms with E-state index in [4.69, 9.17) is 4.74 Å². The maximum absolute atomic E-state index is 12.0. The average molecular weight is 242 g/mol. The Morgan fingerprint density at radius 1 is 1.56 bits per heavy atom. The van der Waals surface area contributed by atoms with Gasteiger partial charge in [0.1, 0.15) is 4.90 Å². The van der Waals surface area contributed by atoms with Gasteiger partial charge in [0.05, 0.1) is 12.1 Å². The van der Waals surface area contributed by atoms with Crippen LogP contribution in [-0.2, 0) is 14.8 Å². The van der Waals surface area contributed by atoms with Crippen LogP contribution in [0.2, 0.25) is 0 Å². The molecule has 6 heteroatoms. The minimum absolute atomic E-state index is 0.183. The van der Waals surface area contributed by atoms with Gasteiger partial charge in [-0.05, 0) is 25.5 Å². The number of ether oxygens (including phenoxy) is 1. The fourth-order valence-corrected chi connectivity index (χ4v) is 3.02. The van der Waals surface area contributed by atoms with E-state index in [9.17, 15) is 8.42 Å². The van der Waals surface area contributed by atoms with Gasteiger partial charge in [-0.25, -0.2) is 13.1 Å². The number of nitrogens with zero attached hydrogens (tertiary/aromatic N) is 1. The van der Waals surface area contributed by atoms with Gasteiger partial charge < -0.3 is 4.74 Å². The summed E-state index contributed by atoms with van der Waals surface area (Å²) in [6.07, 6.45) is 3.56. The molecule has 0 saturated carbocycles. The lowest BCUT2D eigenvalue weighted by Crippen LogP contribution is -2.46. The van der Waals surface area contributed by atoms with E-state index in [-0.39, 0.29) is 4.90 Å². The molecular weight excluding hydrogens is 228 g/mol. The van der Waals surface area contributed by atoms with Crippen molar-refractivity contribution in [1.29, 1.82) is 0 Å². The maximum Gasteiger partial charge on any atom is 0.242 e. The number of sulfonamides is 1. The Hall–Kier alpha value is -0.980. The molecule has 1 saturated heterocycles. The molecule has 2 rings (SSSR count). The number of hydrogen-bond donors (Lipinski definition) is 1. The van der Waals surface area contributed by atoms with Crippen molar-refractivity contribution in [2.75, 3.05) is 13.2 Å². The summed E-state index contributed by atoms with van der Waals surface area (Å²) in [5, 5.41) is 0. The summed E-state index contributed by atoms with van der Waals surface area (Å²) in [5.41, 5.74) is -0.505. The number of hydrogen-bond acceptors (Lipinski definition) is 4. The number of pyridine rings is 1. The Kier molecular flexibility index (Phi) is 2.96. The van der Waals surface area contributed by atoms with Gasteiger partial charge in [-0.15, -0.1) is 0 Å². The summed E-state index contributed by atoms with van der Waals surface area (Å²) in [4.78, 5) is 3.98. The van der Waals surface area contributed by atoms with Crippen LogP contribution in [0.15, 0.2) is 29.4 Å². The quantitative estimate of drug-likeness (QED) is 0.840. The third-order valence-electron chi connectivity index (χ3n) is 2.54. The zero-order valence-corrected chi connectivity index (χ0v) is 9.83. The van der Waals surface area contributed by atoms with Crippen molar-refractivity contribution in [3.8, 4) is 0 Å². The van der Waals surface area contributed by atoms with Crippen molar-refractivity contribution >= 4 is 10.0 Å². The molecule has 0 bridgehead atoms. The monoisotopic (exact) mass is 242 g/mol. The Balaban J connectivity index is 2.21. The van der Waals surface area contributed by atoms with Gasteiger partial charge in [-0.3, -0.25) is 4.98 Å². The van der Waals surface area contributed by atoms with E-state index in [0.717, 1.165) is 0 Å². The predicted octanol–water partition coefficient (Wildman–Crippen LogP) is 0.539. The van der Waals surface area contributed by atoms with Crippen LogP contribution in [0.25, 0.3) is 0 Å². The molecule has 2 heterocycles. The van der Waals surface area contributed by atoms with Crippen LogP contribution in [-0.4, -0.2) is 32.2 Å². The van der Waals surface area contributed by atoms with Gasteiger partial charge in [0.15, 0.2) is 0 Å². The zero-order valence-electron chi connectivity index (χ0n) is 9.01. The third-order valence-corrected chi connectivity index (χ3v) is 4.17. The summed E-state index contributed by atoms with van der Waals surface area (Å²) >= 11 is 0. The highest BCUT2D eigenvalue weighted by Crippen LogP contribution is 2.20. The molecule has 1 aromatic rings. The first-order chi connectivity index (χ1) is 7.52. The second-order valence-electron chi connectivity index (χ2n) is 4.16. The van der Waals surface area contributed by atoms with Crippen molar-refractivity contribution in [2.45, 2.75) is 23.8 Å². The minimum Gasteiger partial charge on any atom is -0.379 e. The summed E-state index contributed by atoms with van der Waals surface area (Å²) in [6.45, 7) is 2.84. The predicted molar refractivity (Wildman–Crippen MR) is 58.4 cm³/mol. The van der Waals surface area contributed by atoms with Gasteiger partial charge in [0.2, 0.25) is 10.0 Å². The van der Waals surface area contributed by atoms with Crippen LogP contribution >= 0.6 is 0 Å². The second-order valence-corrected chi connectivity index (χ2v) is 5.84. The van der Waals surface area contributed by atoms with Gasteiger partial charge in [-0.1, -0.05) is 0 Å². The van der Waals surface area contributed by atoms with Crippen molar-refractivity contribution in [3.63, 3.8) is 0 Å². The van der Waals surface area contributed by atoms with E-state index in [1.54, 1.807) is 12.3 Å². The van der Waals surface area contributed by atoms with E-state index in [0.29, 0.717) is 19.6 Å². The van der Waals surface area contributed by atoms with E-state index in [1.807, 2.05) is 6.92 Å². The van der Waals surface area contributed by atoms with Gasteiger partial charge in [0, 0.05) is 19.0 Å². The van der Waals surface area contributed by atoms with Crippen LogP contribution in [0.4, 0.5) is 0 Å². The van der Waals surface area contributed by atoms with Crippen molar-refractivity contribution < 1.29 is 13.2 Å². The molecule has 1 aliphatic rings. The van der Waals surface area contributed by atoms with Crippen molar-refractivity contribution in [3.05, 3.63) is 24.5 Å². The van der Waals surface area contributed by atoms with Crippen molar-refractivity contribution in [2.24, 2.45) is 0 Å². The molecule has 1 aromatic heterocycles. The topological polar surface area (TPSA) is 68.3 Å². The second kappa shape index (κ2) is 4.12. The number of aromatic nitrogens is 1. The Morgan fingerprint density at radius 2 is 2.38 bits per heavy atom. The first kappa shape index (κ1) is 11.5. The summed E-state index contributed by atoms with van der Waals surface area (Å²) < 4.78 is 31.8. The van der Waals surface area contributed by atoms with Crippen LogP contribution in [0, 0.1) is 0 Å². The fourth-order valence-electron chi connectivity index (χ4n) is 1.64. The first-order valence-corrected chi connectivity index (χ1v) is 6.52. The molecule has 0 amide bonds. The molecule has 1 atom stereocenters. The molecule has 1 aliphatic heterocycles. The molecule has 88 valence electrons. The SMILES string of the molecule is CC1(NS(=O)(=O)c2cccnc2)CCOC1. The van der Waals surface area contributed by atoms with Crippen LogP contribution in [0.3, 0.4) is 0 Å². The average Bonchev–Trinajstić information content (AvgIpc) is 2.65. The molecule has 1 N–H and O–H groups in total. The highest BCUT2D eigenvalue weighted by atomic mass is 32.2. The zero-order chi connectivity index (χ0) is 11.6. The van der Waals surface area contributed by atoms with Crippen LogP contribution < -0.4 is 4.72 Å². The number of nitrogens with one attached hydrogen (secondary N) is 1. The normalized spacial score (nSPS) is 25.8. The van der Waals surface area contributed by atoms with Crippen LogP contribution in [0.1, 0.15) is 13.3 Å². The van der Waals surface area contributed by atoms with Crippen molar-refractivity contribution in [1.82, 2.24) is 9.71 Å². The molecule has 16 heavy (non-hydrogen) atoms. The fraction of sp³-hybridized carbons (Fsp3) is 0.500. The van der Waals surface area contributed by atoms with Gasteiger partial charge in [0.25, 0.3) is 0 Å². The Morgan fingerprint density at radius 3 is 2.94 bits per heavy atom. The molecule has 1 fully saturated rings. The Labute approximate surface area is 94.9 Å². The lowest BCUT2D eigenvalue weighted by molar-refractivity contribution is 0.178. The largest absolute Gasteiger partial charge is 0.379 e. The molecule has 0 spiro atoms. The third kappa shape index (κ3) is 2.40. The number of rotatable bonds is 3. The lowest BCUT2D eigenvalue weighted by Gasteiger charge is -2.22.